The zero-order valence-corrected chi connectivity index (χ0v) is 19.7. The number of carbonyl (C=O) groups excluding carboxylic acids is 2. The van der Waals surface area contributed by atoms with Crippen LogP contribution in [0.15, 0.2) is 29.6 Å². The molecule has 0 atom stereocenters. The first-order chi connectivity index (χ1) is 15.6. The number of methoxy groups -OCH3 is 2. The van der Waals surface area contributed by atoms with Crippen molar-refractivity contribution in [2.45, 2.75) is 32.4 Å². The summed E-state index contributed by atoms with van der Waals surface area (Å²) in [5.41, 5.74) is 2.33. The van der Waals surface area contributed by atoms with Crippen molar-refractivity contribution in [3.8, 4) is 11.5 Å². The van der Waals surface area contributed by atoms with E-state index in [-0.39, 0.29) is 18.2 Å². The summed E-state index contributed by atoms with van der Waals surface area (Å²) in [6.07, 6.45) is 1.50. The van der Waals surface area contributed by atoms with E-state index in [9.17, 15) is 9.59 Å². The van der Waals surface area contributed by atoms with Gasteiger partial charge in [0.15, 0.2) is 0 Å². The Morgan fingerprint density at radius 2 is 1.69 bits per heavy atom. The summed E-state index contributed by atoms with van der Waals surface area (Å²) in [5, 5.41) is 2.09. The number of rotatable bonds is 7. The maximum Gasteiger partial charge on any atom is 0.223 e. The Balaban J connectivity index is 1.22. The molecular weight excluding hydrogens is 426 g/mol. The smallest absolute Gasteiger partial charge is 0.223 e. The highest BCUT2D eigenvalue weighted by atomic mass is 32.1. The number of carbonyl (C=O) groups is 2. The second-order valence-corrected chi connectivity index (χ2v) is 9.27. The van der Waals surface area contributed by atoms with Gasteiger partial charge in [-0.2, -0.15) is 0 Å². The minimum atomic E-state index is 0.0743. The summed E-state index contributed by atoms with van der Waals surface area (Å²) >= 11 is 1.76. The van der Waals surface area contributed by atoms with E-state index < -0.39 is 0 Å². The Labute approximate surface area is 193 Å². The van der Waals surface area contributed by atoms with Crippen LogP contribution < -0.4 is 9.47 Å². The third kappa shape index (κ3) is 5.24. The Kier molecular flexibility index (Phi) is 7.32. The van der Waals surface area contributed by atoms with Gasteiger partial charge in [0.1, 0.15) is 11.5 Å². The summed E-state index contributed by atoms with van der Waals surface area (Å²) in [5.74, 6) is 1.81. The molecule has 172 valence electrons. The van der Waals surface area contributed by atoms with Crippen molar-refractivity contribution >= 4 is 23.2 Å². The van der Waals surface area contributed by atoms with E-state index in [0.29, 0.717) is 26.1 Å². The van der Waals surface area contributed by atoms with E-state index in [1.165, 1.54) is 10.4 Å². The Morgan fingerprint density at radius 1 is 0.938 bits per heavy atom. The number of hydrogen-bond donors (Lipinski definition) is 0. The van der Waals surface area contributed by atoms with Gasteiger partial charge in [0.05, 0.1) is 14.2 Å². The Morgan fingerprint density at radius 3 is 2.41 bits per heavy atom. The fraction of sp³-hybridized carbons (Fsp3) is 0.500. The van der Waals surface area contributed by atoms with Crippen molar-refractivity contribution in [1.29, 1.82) is 0 Å². The highest BCUT2D eigenvalue weighted by Crippen LogP contribution is 2.26. The zero-order chi connectivity index (χ0) is 22.5. The van der Waals surface area contributed by atoms with Crippen LogP contribution in [0.4, 0.5) is 0 Å². The molecule has 4 rings (SSSR count). The number of benzene rings is 1. The molecule has 8 heteroatoms. The molecule has 2 aromatic rings. The molecule has 0 aliphatic carbocycles. The van der Waals surface area contributed by atoms with E-state index in [1.807, 2.05) is 28.0 Å². The predicted molar refractivity (Wildman–Crippen MR) is 124 cm³/mol. The number of nitrogens with zero attached hydrogens (tertiary/aromatic N) is 3. The molecule has 2 aliphatic rings. The topological polar surface area (TPSA) is 62.3 Å². The van der Waals surface area contributed by atoms with E-state index in [1.54, 1.807) is 25.6 Å². The molecule has 1 saturated heterocycles. The number of hydrogen-bond acceptors (Lipinski definition) is 6. The van der Waals surface area contributed by atoms with Gasteiger partial charge in [-0.15, -0.1) is 11.3 Å². The second kappa shape index (κ2) is 10.4. The van der Waals surface area contributed by atoms with Gasteiger partial charge < -0.3 is 19.3 Å². The van der Waals surface area contributed by atoms with E-state index in [4.69, 9.17) is 9.47 Å². The summed E-state index contributed by atoms with van der Waals surface area (Å²) in [4.78, 5) is 32.8. The van der Waals surface area contributed by atoms with Gasteiger partial charge in [-0.1, -0.05) is 0 Å². The molecule has 32 heavy (non-hydrogen) atoms. The van der Waals surface area contributed by atoms with Crippen LogP contribution in [0.25, 0.3) is 0 Å². The summed E-state index contributed by atoms with van der Waals surface area (Å²) in [6, 6.07) is 7.92. The fourth-order valence-electron chi connectivity index (χ4n) is 4.39. The van der Waals surface area contributed by atoms with Crippen LogP contribution in [-0.4, -0.2) is 73.5 Å². The lowest BCUT2D eigenvalue weighted by molar-refractivity contribution is -0.138. The van der Waals surface area contributed by atoms with Crippen molar-refractivity contribution < 1.29 is 19.1 Å². The normalized spacial score (nSPS) is 16.6. The molecule has 2 aliphatic heterocycles. The van der Waals surface area contributed by atoms with Gasteiger partial charge in [0, 0.05) is 69.1 Å². The minimum absolute atomic E-state index is 0.0743. The quantitative estimate of drug-likeness (QED) is 0.640. The number of ether oxygens (including phenoxy) is 2. The first kappa shape index (κ1) is 22.6. The largest absolute Gasteiger partial charge is 0.497 e. The van der Waals surface area contributed by atoms with Crippen LogP contribution in [0.5, 0.6) is 11.5 Å². The minimum Gasteiger partial charge on any atom is -0.497 e. The average molecular weight is 458 g/mol. The van der Waals surface area contributed by atoms with Crippen molar-refractivity contribution in [2.75, 3.05) is 46.9 Å². The molecule has 0 unspecified atom stereocenters. The lowest BCUT2D eigenvalue weighted by Gasteiger charge is -2.35. The highest BCUT2D eigenvalue weighted by molar-refractivity contribution is 7.10. The first-order valence-electron chi connectivity index (χ1n) is 11.1. The Bertz CT molecular complexity index is 952. The van der Waals surface area contributed by atoms with E-state index >= 15 is 0 Å². The van der Waals surface area contributed by atoms with Crippen LogP contribution >= 0.6 is 11.3 Å². The Hall–Kier alpha value is -2.58. The molecule has 2 amide bonds. The number of piperazine rings is 1. The van der Waals surface area contributed by atoms with E-state index in [2.05, 4.69) is 16.3 Å². The van der Waals surface area contributed by atoms with E-state index in [0.717, 1.165) is 49.7 Å². The molecule has 3 heterocycles. The maximum absolute atomic E-state index is 12.7. The van der Waals surface area contributed by atoms with Crippen molar-refractivity contribution in [3.05, 3.63) is 45.6 Å². The third-order valence-corrected chi connectivity index (χ3v) is 7.34. The van der Waals surface area contributed by atoms with Crippen LogP contribution in [0.3, 0.4) is 0 Å². The lowest BCUT2D eigenvalue weighted by Crippen LogP contribution is -2.48. The van der Waals surface area contributed by atoms with Crippen molar-refractivity contribution in [2.24, 2.45) is 0 Å². The number of fused-ring (bicyclic) bond motifs is 1. The zero-order valence-electron chi connectivity index (χ0n) is 18.8. The molecular formula is C24H31N3O4S. The highest BCUT2D eigenvalue weighted by Gasteiger charge is 2.25. The average Bonchev–Trinajstić information content (AvgIpc) is 3.30. The predicted octanol–water partition coefficient (Wildman–Crippen LogP) is 2.77. The van der Waals surface area contributed by atoms with Gasteiger partial charge in [-0.05, 0) is 41.6 Å². The number of amides is 2. The third-order valence-electron chi connectivity index (χ3n) is 6.32. The number of thiophene rings is 1. The van der Waals surface area contributed by atoms with Crippen LogP contribution in [-0.2, 0) is 29.1 Å². The van der Waals surface area contributed by atoms with Gasteiger partial charge in [-0.3, -0.25) is 14.5 Å². The lowest BCUT2D eigenvalue weighted by atomic mass is 10.1. The fourth-order valence-corrected chi connectivity index (χ4v) is 5.28. The molecule has 1 aromatic carbocycles. The van der Waals surface area contributed by atoms with Gasteiger partial charge in [0.2, 0.25) is 11.8 Å². The molecule has 1 fully saturated rings. The van der Waals surface area contributed by atoms with Crippen molar-refractivity contribution in [3.63, 3.8) is 0 Å². The maximum atomic E-state index is 12.7. The first-order valence-corrected chi connectivity index (χ1v) is 12.0. The molecule has 0 N–H and O–H groups in total. The van der Waals surface area contributed by atoms with Gasteiger partial charge in [0.25, 0.3) is 0 Å². The van der Waals surface area contributed by atoms with Crippen LogP contribution in [0.2, 0.25) is 0 Å². The van der Waals surface area contributed by atoms with Crippen LogP contribution in [0.1, 0.15) is 28.8 Å². The summed E-state index contributed by atoms with van der Waals surface area (Å²) < 4.78 is 10.8. The molecule has 0 spiro atoms. The monoisotopic (exact) mass is 457 g/mol. The summed E-state index contributed by atoms with van der Waals surface area (Å²) in [6.45, 7) is 5.15. The standard InChI is InChI=1S/C24H31N3O4S/c1-30-20-3-4-21(31-2)19(15-20)16-25-10-12-26(13-11-25)23(28)5-6-24(29)27-9-7-22-18(17-27)8-14-32-22/h3-4,8,14-15H,5-7,9-13,16-17H2,1-2H3. The van der Waals surface area contributed by atoms with Gasteiger partial charge >= 0.3 is 0 Å². The second-order valence-electron chi connectivity index (χ2n) is 8.27. The van der Waals surface area contributed by atoms with Crippen LogP contribution in [0, 0.1) is 0 Å². The SMILES string of the molecule is COc1ccc(OC)c(CN2CCN(C(=O)CCC(=O)N3CCc4sccc4C3)CC2)c1. The summed E-state index contributed by atoms with van der Waals surface area (Å²) in [7, 11) is 3.33. The molecule has 7 nitrogen and oxygen atoms in total. The molecule has 0 radical (unpaired) electrons. The molecule has 0 bridgehead atoms. The van der Waals surface area contributed by atoms with Crippen molar-refractivity contribution in [1.82, 2.24) is 14.7 Å². The molecule has 0 saturated carbocycles. The van der Waals surface area contributed by atoms with Gasteiger partial charge in [-0.25, -0.2) is 0 Å². The molecule has 1 aromatic heterocycles.